The highest BCUT2D eigenvalue weighted by atomic mass is 16.5. The van der Waals surface area contributed by atoms with Crippen LogP contribution in [-0.4, -0.2) is 38.8 Å². The van der Waals surface area contributed by atoms with Crippen molar-refractivity contribution in [3.8, 4) is 0 Å². The Hall–Kier alpha value is -0.610. The summed E-state index contributed by atoms with van der Waals surface area (Å²) in [6.07, 6.45) is 4.50. The molecular formula is C13H24N2O2. The highest BCUT2D eigenvalue weighted by Crippen LogP contribution is 2.48. The third-order valence-electron chi connectivity index (χ3n) is 4.29. The Balaban J connectivity index is 1.72. The summed E-state index contributed by atoms with van der Waals surface area (Å²) < 4.78 is 5.12. The molecule has 2 fully saturated rings. The summed E-state index contributed by atoms with van der Waals surface area (Å²) in [5.41, 5.74) is 0.348. The summed E-state index contributed by atoms with van der Waals surface area (Å²) in [4.78, 5) is 12.0. The molecule has 4 nitrogen and oxygen atoms in total. The van der Waals surface area contributed by atoms with Gasteiger partial charge in [-0.05, 0) is 44.6 Å². The molecule has 1 heterocycles. The average Bonchev–Trinajstić information content (AvgIpc) is 2.98. The maximum atomic E-state index is 12.0. The number of rotatable bonds is 6. The van der Waals surface area contributed by atoms with Gasteiger partial charge in [0, 0.05) is 26.3 Å². The molecule has 2 aliphatic rings. The number of carbonyl (C=O) groups excluding carboxylic acids is 1. The van der Waals surface area contributed by atoms with Crippen molar-refractivity contribution in [1.82, 2.24) is 10.6 Å². The van der Waals surface area contributed by atoms with Crippen molar-refractivity contribution in [3.05, 3.63) is 0 Å². The minimum Gasteiger partial charge on any atom is -0.385 e. The monoisotopic (exact) mass is 240 g/mol. The lowest BCUT2D eigenvalue weighted by molar-refractivity contribution is -0.125. The molecule has 17 heavy (non-hydrogen) atoms. The molecule has 0 aromatic heterocycles. The van der Waals surface area contributed by atoms with E-state index in [4.69, 9.17) is 4.74 Å². The smallest absolute Gasteiger partial charge is 0.224 e. The number of carbonyl (C=O) groups is 1. The van der Waals surface area contributed by atoms with E-state index in [-0.39, 0.29) is 11.8 Å². The Kier molecular flexibility index (Phi) is 4.05. The van der Waals surface area contributed by atoms with Gasteiger partial charge in [-0.2, -0.15) is 0 Å². The van der Waals surface area contributed by atoms with Gasteiger partial charge < -0.3 is 15.4 Å². The Bertz CT molecular complexity index is 277. The number of hydrogen-bond donors (Lipinski definition) is 2. The van der Waals surface area contributed by atoms with Crippen LogP contribution < -0.4 is 10.6 Å². The fourth-order valence-corrected chi connectivity index (χ4v) is 2.63. The van der Waals surface area contributed by atoms with Crippen molar-refractivity contribution in [2.45, 2.75) is 38.6 Å². The topological polar surface area (TPSA) is 50.4 Å². The van der Waals surface area contributed by atoms with Gasteiger partial charge in [-0.3, -0.25) is 4.79 Å². The van der Waals surface area contributed by atoms with Gasteiger partial charge in [0.05, 0.1) is 5.92 Å². The van der Waals surface area contributed by atoms with E-state index in [1.165, 1.54) is 12.8 Å². The minimum absolute atomic E-state index is 0.160. The van der Waals surface area contributed by atoms with E-state index in [0.717, 1.165) is 32.5 Å². The van der Waals surface area contributed by atoms with Crippen molar-refractivity contribution < 1.29 is 9.53 Å². The molecule has 0 bridgehead atoms. The Morgan fingerprint density at radius 3 is 2.82 bits per heavy atom. The van der Waals surface area contributed by atoms with Gasteiger partial charge in [-0.15, -0.1) is 0 Å². The Morgan fingerprint density at radius 2 is 2.29 bits per heavy atom. The third-order valence-corrected chi connectivity index (χ3v) is 4.29. The zero-order valence-corrected chi connectivity index (χ0v) is 10.9. The van der Waals surface area contributed by atoms with Crippen LogP contribution in [0.2, 0.25) is 0 Å². The summed E-state index contributed by atoms with van der Waals surface area (Å²) in [7, 11) is 1.74. The zero-order chi connectivity index (χ0) is 12.3. The molecule has 1 aliphatic carbocycles. The Labute approximate surface area is 103 Å². The zero-order valence-electron chi connectivity index (χ0n) is 10.9. The molecule has 0 aromatic carbocycles. The van der Waals surface area contributed by atoms with Crippen LogP contribution in [0.4, 0.5) is 0 Å². The van der Waals surface area contributed by atoms with Gasteiger partial charge in [-0.25, -0.2) is 0 Å². The normalized spacial score (nSPS) is 30.2. The van der Waals surface area contributed by atoms with Gasteiger partial charge in [0.2, 0.25) is 5.91 Å². The molecule has 0 radical (unpaired) electrons. The number of hydrogen-bond acceptors (Lipinski definition) is 3. The van der Waals surface area contributed by atoms with Crippen LogP contribution in [0.5, 0.6) is 0 Å². The standard InChI is InChI=1S/C13H24N2O2/c1-10-11(3-7-14-10)12(16)15-9-13(4-5-13)6-8-17-2/h10-11,14H,3-9H2,1-2H3,(H,15,16). The molecule has 0 spiro atoms. The third kappa shape index (κ3) is 3.19. The molecular weight excluding hydrogens is 216 g/mol. The maximum absolute atomic E-state index is 12.0. The second-order valence-electron chi connectivity index (χ2n) is 5.60. The summed E-state index contributed by atoms with van der Waals surface area (Å²) in [6, 6.07) is 0.323. The fourth-order valence-electron chi connectivity index (χ4n) is 2.63. The average molecular weight is 240 g/mol. The largest absolute Gasteiger partial charge is 0.385 e. The second-order valence-corrected chi connectivity index (χ2v) is 5.60. The van der Waals surface area contributed by atoms with Crippen LogP contribution in [0.15, 0.2) is 0 Å². The van der Waals surface area contributed by atoms with Gasteiger partial charge >= 0.3 is 0 Å². The first-order chi connectivity index (χ1) is 8.17. The van der Waals surface area contributed by atoms with E-state index in [1.807, 2.05) is 0 Å². The summed E-state index contributed by atoms with van der Waals surface area (Å²) in [5, 5.41) is 6.45. The first kappa shape index (κ1) is 12.8. The quantitative estimate of drug-likeness (QED) is 0.726. The van der Waals surface area contributed by atoms with E-state index in [2.05, 4.69) is 17.6 Å². The van der Waals surface area contributed by atoms with E-state index in [1.54, 1.807) is 7.11 Å². The lowest BCUT2D eigenvalue weighted by atomic mass is 9.99. The second kappa shape index (κ2) is 5.36. The van der Waals surface area contributed by atoms with Crippen molar-refractivity contribution in [2.24, 2.45) is 11.3 Å². The van der Waals surface area contributed by atoms with E-state index in [9.17, 15) is 4.79 Å². The fraction of sp³-hybridized carbons (Fsp3) is 0.923. The number of amides is 1. The molecule has 2 N–H and O–H groups in total. The first-order valence-corrected chi connectivity index (χ1v) is 6.67. The lowest BCUT2D eigenvalue weighted by Crippen LogP contribution is -2.39. The number of ether oxygens (including phenoxy) is 1. The van der Waals surface area contributed by atoms with E-state index < -0.39 is 0 Å². The highest BCUT2D eigenvalue weighted by Gasteiger charge is 2.42. The molecule has 2 unspecified atom stereocenters. The lowest BCUT2D eigenvalue weighted by Gasteiger charge is -2.19. The molecule has 1 saturated heterocycles. The van der Waals surface area contributed by atoms with Gasteiger partial charge in [0.25, 0.3) is 0 Å². The molecule has 1 aliphatic heterocycles. The molecule has 2 atom stereocenters. The number of methoxy groups -OCH3 is 1. The van der Waals surface area contributed by atoms with Crippen LogP contribution in [0.1, 0.15) is 32.6 Å². The van der Waals surface area contributed by atoms with Crippen LogP contribution in [0.25, 0.3) is 0 Å². The predicted octanol–water partition coefficient (Wildman–Crippen LogP) is 0.917. The summed E-state index contributed by atoms with van der Waals surface area (Å²) >= 11 is 0. The van der Waals surface area contributed by atoms with Crippen molar-refractivity contribution >= 4 is 5.91 Å². The Morgan fingerprint density at radius 1 is 1.53 bits per heavy atom. The van der Waals surface area contributed by atoms with Crippen molar-refractivity contribution in [2.75, 3.05) is 26.8 Å². The number of nitrogens with one attached hydrogen (secondary N) is 2. The molecule has 1 saturated carbocycles. The van der Waals surface area contributed by atoms with Crippen molar-refractivity contribution in [1.29, 1.82) is 0 Å². The van der Waals surface area contributed by atoms with E-state index >= 15 is 0 Å². The van der Waals surface area contributed by atoms with Crippen LogP contribution in [0.3, 0.4) is 0 Å². The summed E-state index contributed by atoms with van der Waals surface area (Å²) in [5.74, 6) is 0.388. The van der Waals surface area contributed by atoms with Gasteiger partial charge in [0.15, 0.2) is 0 Å². The SMILES string of the molecule is COCCC1(CNC(=O)C2CCNC2C)CC1. The van der Waals surface area contributed by atoms with Gasteiger partial charge in [-0.1, -0.05) is 0 Å². The van der Waals surface area contributed by atoms with Crippen LogP contribution in [-0.2, 0) is 9.53 Å². The first-order valence-electron chi connectivity index (χ1n) is 6.67. The van der Waals surface area contributed by atoms with Gasteiger partial charge in [0.1, 0.15) is 0 Å². The van der Waals surface area contributed by atoms with E-state index in [0.29, 0.717) is 11.5 Å². The highest BCUT2D eigenvalue weighted by molar-refractivity contribution is 5.79. The molecule has 2 rings (SSSR count). The maximum Gasteiger partial charge on any atom is 0.224 e. The molecule has 1 amide bonds. The predicted molar refractivity (Wildman–Crippen MR) is 66.7 cm³/mol. The molecule has 4 heteroatoms. The molecule has 0 aromatic rings. The van der Waals surface area contributed by atoms with Crippen LogP contribution in [0, 0.1) is 11.3 Å². The van der Waals surface area contributed by atoms with Crippen LogP contribution >= 0.6 is 0 Å². The molecule has 98 valence electrons. The summed E-state index contributed by atoms with van der Waals surface area (Å²) in [6.45, 7) is 4.69. The minimum atomic E-state index is 0.160. The van der Waals surface area contributed by atoms with Crippen molar-refractivity contribution in [3.63, 3.8) is 0 Å².